The smallest absolute Gasteiger partial charge is 0.407 e. The van der Waals surface area contributed by atoms with Crippen molar-refractivity contribution in [1.29, 1.82) is 0 Å². The van der Waals surface area contributed by atoms with E-state index in [2.05, 4.69) is 15.5 Å². The van der Waals surface area contributed by atoms with Crippen LogP contribution < -0.4 is 5.32 Å². The number of nitrogens with zero attached hydrogens (tertiary/aromatic N) is 3. The maximum Gasteiger partial charge on any atom is 0.407 e. The number of anilines is 1. The van der Waals surface area contributed by atoms with E-state index >= 15 is 0 Å². The van der Waals surface area contributed by atoms with Crippen LogP contribution in [0.2, 0.25) is 0 Å². The quantitative estimate of drug-likeness (QED) is 0.561. The number of alkyl halides is 2. The molecule has 2 heterocycles. The number of halogens is 5. The second-order valence-electron chi connectivity index (χ2n) is 7.60. The highest BCUT2D eigenvalue weighted by Crippen LogP contribution is 2.40. The van der Waals surface area contributed by atoms with E-state index in [4.69, 9.17) is 5.11 Å². The van der Waals surface area contributed by atoms with Gasteiger partial charge in [0.1, 0.15) is 17.3 Å². The van der Waals surface area contributed by atoms with Gasteiger partial charge in [-0.2, -0.15) is 0 Å². The minimum absolute atomic E-state index is 0.0337. The number of carbonyl (C=O) groups is 1. The van der Waals surface area contributed by atoms with Crippen molar-refractivity contribution in [1.82, 2.24) is 15.1 Å². The van der Waals surface area contributed by atoms with Gasteiger partial charge in [-0.15, -0.1) is 10.2 Å². The Kier molecular flexibility index (Phi) is 5.20. The van der Waals surface area contributed by atoms with Gasteiger partial charge in [0.15, 0.2) is 11.6 Å². The zero-order chi connectivity index (χ0) is 21.6. The molecule has 160 valence electrons. The fraction of sp³-hybridized carbons (Fsp3) is 0.421. The summed E-state index contributed by atoms with van der Waals surface area (Å²) in [5, 5.41) is 19.5. The highest BCUT2D eigenvalue weighted by atomic mass is 19.3. The van der Waals surface area contributed by atoms with Gasteiger partial charge in [0.05, 0.1) is 0 Å². The van der Waals surface area contributed by atoms with Crippen molar-refractivity contribution >= 4 is 11.9 Å². The van der Waals surface area contributed by atoms with Crippen LogP contribution in [0.4, 0.5) is 32.6 Å². The fourth-order valence-electron chi connectivity index (χ4n) is 4.36. The maximum absolute atomic E-state index is 14.0. The van der Waals surface area contributed by atoms with Crippen LogP contribution in [0.1, 0.15) is 24.8 Å². The van der Waals surface area contributed by atoms with Crippen molar-refractivity contribution in [3.05, 3.63) is 41.2 Å². The highest BCUT2D eigenvalue weighted by Gasteiger charge is 2.42. The van der Waals surface area contributed by atoms with Crippen LogP contribution in [-0.4, -0.2) is 45.4 Å². The number of aromatic nitrogens is 2. The van der Waals surface area contributed by atoms with Gasteiger partial charge in [0.2, 0.25) is 0 Å². The number of amides is 1. The van der Waals surface area contributed by atoms with Crippen molar-refractivity contribution in [3.8, 4) is 11.3 Å². The van der Waals surface area contributed by atoms with Crippen LogP contribution in [0.3, 0.4) is 0 Å². The molecule has 0 bridgehead atoms. The molecule has 2 aliphatic rings. The first-order valence-electron chi connectivity index (χ1n) is 9.28. The molecule has 6 nitrogen and oxygen atoms in total. The average molecular weight is 428 g/mol. The molecule has 0 spiro atoms. The lowest BCUT2D eigenvalue weighted by Gasteiger charge is -2.18. The predicted molar refractivity (Wildman–Crippen MR) is 95.5 cm³/mol. The van der Waals surface area contributed by atoms with Gasteiger partial charge in [0.25, 0.3) is 6.43 Å². The van der Waals surface area contributed by atoms with Crippen molar-refractivity contribution in [2.75, 3.05) is 18.4 Å². The first kappa shape index (κ1) is 20.3. The summed E-state index contributed by atoms with van der Waals surface area (Å²) in [7, 11) is 0. The molecule has 0 unspecified atom stereocenters. The molecule has 2 aromatic rings. The summed E-state index contributed by atoms with van der Waals surface area (Å²) in [5.74, 6) is -3.75. The lowest BCUT2D eigenvalue weighted by Crippen LogP contribution is -2.29. The Morgan fingerprint density at radius 1 is 1.10 bits per heavy atom. The van der Waals surface area contributed by atoms with Crippen LogP contribution in [0.5, 0.6) is 0 Å². The second-order valence-corrected chi connectivity index (χ2v) is 7.60. The average Bonchev–Trinajstić information content (AvgIpc) is 3.23. The highest BCUT2D eigenvalue weighted by molar-refractivity contribution is 5.66. The van der Waals surface area contributed by atoms with Gasteiger partial charge in [-0.05, 0) is 36.8 Å². The van der Waals surface area contributed by atoms with Crippen molar-refractivity contribution in [2.24, 2.45) is 11.8 Å². The van der Waals surface area contributed by atoms with Crippen LogP contribution >= 0.6 is 0 Å². The summed E-state index contributed by atoms with van der Waals surface area (Å²) < 4.78 is 68.2. The monoisotopic (exact) mass is 428 g/mol. The van der Waals surface area contributed by atoms with E-state index in [1.165, 1.54) is 4.90 Å². The van der Waals surface area contributed by atoms with Crippen LogP contribution in [0.15, 0.2) is 18.2 Å². The number of hydrogen-bond donors (Lipinski definition) is 2. The van der Waals surface area contributed by atoms with E-state index in [-0.39, 0.29) is 23.7 Å². The van der Waals surface area contributed by atoms with Crippen molar-refractivity contribution in [3.63, 3.8) is 0 Å². The molecule has 2 N–H and O–H groups in total. The molecule has 1 aromatic heterocycles. The van der Waals surface area contributed by atoms with E-state index in [0.717, 1.165) is 6.07 Å². The van der Waals surface area contributed by atoms with E-state index in [0.29, 0.717) is 38.1 Å². The Morgan fingerprint density at radius 3 is 2.37 bits per heavy atom. The van der Waals surface area contributed by atoms with Gasteiger partial charge in [0, 0.05) is 36.3 Å². The minimum atomic E-state index is -3.08. The van der Waals surface area contributed by atoms with Gasteiger partial charge in [-0.1, -0.05) is 0 Å². The molecule has 1 aliphatic heterocycles. The summed E-state index contributed by atoms with van der Waals surface area (Å²) >= 11 is 0. The van der Waals surface area contributed by atoms with Gasteiger partial charge < -0.3 is 15.3 Å². The van der Waals surface area contributed by atoms with Crippen LogP contribution in [-0.2, 0) is 0 Å². The molecule has 1 saturated carbocycles. The summed E-state index contributed by atoms with van der Waals surface area (Å²) in [5.41, 5.74) is -2.07. The molecule has 4 rings (SSSR count). The first-order valence-corrected chi connectivity index (χ1v) is 9.28. The number of hydrogen-bond acceptors (Lipinski definition) is 4. The normalized spacial score (nSPS) is 23.1. The number of fused-ring (bicyclic) bond motifs is 1. The number of benzene rings is 1. The third-order valence-corrected chi connectivity index (χ3v) is 5.68. The molecule has 1 aliphatic carbocycles. The summed E-state index contributed by atoms with van der Waals surface area (Å²) in [6, 6.07) is 1.79. The number of nitrogens with one attached hydrogen (secondary N) is 1. The SMILES string of the molecule is O=C(O)N1C[C@H]2C[C@@H](Nc3cc(C(F)F)c(-c4cc(F)cc(F)c4F)nn3)C[C@H]2C1. The predicted octanol–water partition coefficient (Wildman–Crippen LogP) is 4.30. The van der Waals surface area contributed by atoms with Crippen LogP contribution in [0, 0.1) is 29.3 Å². The largest absolute Gasteiger partial charge is 0.465 e. The lowest BCUT2D eigenvalue weighted by atomic mass is 10.0. The lowest BCUT2D eigenvalue weighted by molar-refractivity contribution is 0.151. The Balaban J connectivity index is 1.55. The Labute approximate surface area is 167 Å². The third-order valence-electron chi connectivity index (χ3n) is 5.68. The molecule has 1 aromatic carbocycles. The molecule has 2 fully saturated rings. The molecule has 1 amide bonds. The number of rotatable bonds is 4. The minimum Gasteiger partial charge on any atom is -0.465 e. The van der Waals surface area contributed by atoms with E-state index < -0.39 is 46.8 Å². The Hall–Kier alpha value is -2.98. The molecule has 0 radical (unpaired) electrons. The molecular formula is C19H17F5N4O2. The van der Waals surface area contributed by atoms with Crippen LogP contribution in [0.25, 0.3) is 11.3 Å². The molecule has 30 heavy (non-hydrogen) atoms. The topological polar surface area (TPSA) is 78.4 Å². The van der Waals surface area contributed by atoms with Gasteiger partial charge >= 0.3 is 6.09 Å². The third kappa shape index (κ3) is 3.75. The number of likely N-dealkylation sites (tertiary alicyclic amines) is 1. The number of carboxylic acid groups (broad SMARTS) is 1. The Bertz CT molecular complexity index is 976. The zero-order valence-electron chi connectivity index (χ0n) is 15.5. The van der Waals surface area contributed by atoms with Crippen molar-refractivity contribution < 1.29 is 31.9 Å². The van der Waals surface area contributed by atoms with Gasteiger partial charge in [-0.3, -0.25) is 0 Å². The maximum atomic E-state index is 14.0. The molecule has 3 atom stereocenters. The zero-order valence-corrected chi connectivity index (χ0v) is 15.5. The van der Waals surface area contributed by atoms with Gasteiger partial charge in [-0.25, -0.2) is 26.7 Å². The van der Waals surface area contributed by atoms with Crippen molar-refractivity contribution in [2.45, 2.75) is 25.3 Å². The van der Waals surface area contributed by atoms with E-state index in [1.807, 2.05) is 0 Å². The van der Waals surface area contributed by atoms with E-state index in [9.17, 15) is 26.7 Å². The second kappa shape index (κ2) is 7.69. The first-order chi connectivity index (χ1) is 14.2. The Morgan fingerprint density at radius 2 is 1.77 bits per heavy atom. The fourth-order valence-corrected chi connectivity index (χ4v) is 4.36. The molecule has 1 saturated heterocycles. The molecular weight excluding hydrogens is 411 g/mol. The van der Waals surface area contributed by atoms with E-state index in [1.54, 1.807) is 0 Å². The summed E-state index contributed by atoms with van der Waals surface area (Å²) in [4.78, 5) is 12.4. The summed E-state index contributed by atoms with van der Waals surface area (Å²) in [6.07, 6.45) is -2.75. The standard InChI is InChI=1S/C19H17F5N4O2/c20-10-3-12(16(22)14(21)4-10)17-13(18(23)24)5-15(26-27-17)25-11-1-8-6-28(19(29)30)7-9(8)2-11/h3-5,8-9,11,18H,1-2,6-7H2,(H,25,26)(H,29,30)/t8-,9+,11-. The molecule has 11 heteroatoms. The summed E-state index contributed by atoms with van der Waals surface area (Å²) in [6.45, 7) is 0.852.